The van der Waals surface area contributed by atoms with Crippen molar-refractivity contribution >= 4 is 25.2 Å². The van der Waals surface area contributed by atoms with Crippen molar-refractivity contribution in [3.63, 3.8) is 0 Å². The predicted octanol–water partition coefficient (Wildman–Crippen LogP) is 2.21. The van der Waals surface area contributed by atoms with Gasteiger partial charge in [0, 0.05) is 5.92 Å². The van der Waals surface area contributed by atoms with Crippen LogP contribution >= 0.6 is 0 Å². The lowest BCUT2D eigenvalue weighted by Crippen LogP contribution is -2.34. The first kappa shape index (κ1) is 21.8. The van der Waals surface area contributed by atoms with Gasteiger partial charge in [0.05, 0.1) is 0 Å². The monoisotopic (exact) mass is 392 g/mol. The van der Waals surface area contributed by atoms with E-state index in [0.29, 0.717) is 16.8 Å². The maximum absolute atomic E-state index is 9.74. The molecule has 2 aromatic carbocycles. The van der Waals surface area contributed by atoms with Crippen molar-refractivity contribution in [3.05, 3.63) is 71.8 Å². The molecule has 4 nitrogen and oxygen atoms in total. The SMILES string of the molecule is OB(O)c1ccccc1C1/C=C\CCC(c2ccccc2B(O)O)CCCCC1. The van der Waals surface area contributed by atoms with Crippen LogP contribution in [0.1, 0.15) is 67.9 Å². The minimum absolute atomic E-state index is 0.177. The summed E-state index contributed by atoms with van der Waals surface area (Å²) >= 11 is 0. The Morgan fingerprint density at radius 2 is 1.24 bits per heavy atom. The van der Waals surface area contributed by atoms with Gasteiger partial charge in [-0.2, -0.15) is 0 Å². The normalized spacial score (nSPS) is 21.8. The number of allylic oxidation sites excluding steroid dienone is 2. The zero-order chi connectivity index (χ0) is 20.6. The van der Waals surface area contributed by atoms with Crippen LogP contribution in [0, 0.1) is 0 Å². The summed E-state index contributed by atoms with van der Waals surface area (Å²) in [6.07, 6.45) is 11.6. The third kappa shape index (κ3) is 5.83. The average molecular weight is 392 g/mol. The molecule has 0 radical (unpaired) electrons. The van der Waals surface area contributed by atoms with Crippen molar-refractivity contribution in [2.75, 3.05) is 0 Å². The Labute approximate surface area is 174 Å². The fraction of sp³-hybridized carbons (Fsp3) is 0.391. The summed E-state index contributed by atoms with van der Waals surface area (Å²) in [5, 5.41) is 38.9. The van der Waals surface area contributed by atoms with Crippen molar-refractivity contribution in [3.8, 4) is 0 Å². The molecule has 0 bridgehead atoms. The number of hydrogen-bond donors (Lipinski definition) is 4. The Hall–Kier alpha value is -1.85. The molecule has 0 spiro atoms. The largest absolute Gasteiger partial charge is 0.488 e. The van der Waals surface area contributed by atoms with E-state index >= 15 is 0 Å². The fourth-order valence-corrected chi connectivity index (χ4v) is 4.50. The van der Waals surface area contributed by atoms with Gasteiger partial charge in [0.15, 0.2) is 0 Å². The van der Waals surface area contributed by atoms with Gasteiger partial charge in [-0.3, -0.25) is 0 Å². The predicted molar refractivity (Wildman–Crippen MR) is 119 cm³/mol. The first-order chi connectivity index (χ1) is 14.1. The average Bonchev–Trinajstić information content (AvgIpc) is 2.78. The molecule has 2 unspecified atom stereocenters. The second-order valence-corrected chi connectivity index (χ2v) is 7.95. The smallest absolute Gasteiger partial charge is 0.423 e. The molecule has 2 atom stereocenters. The summed E-state index contributed by atoms with van der Waals surface area (Å²) in [6.45, 7) is 0. The number of rotatable bonds is 4. The maximum atomic E-state index is 9.74. The van der Waals surface area contributed by atoms with Gasteiger partial charge in [-0.15, -0.1) is 0 Å². The van der Waals surface area contributed by atoms with Gasteiger partial charge in [-0.1, -0.05) is 79.9 Å². The van der Waals surface area contributed by atoms with E-state index in [-0.39, 0.29) is 5.92 Å². The first-order valence-corrected chi connectivity index (χ1v) is 10.6. The van der Waals surface area contributed by atoms with Crippen LogP contribution in [0.5, 0.6) is 0 Å². The quantitative estimate of drug-likeness (QED) is 0.475. The van der Waals surface area contributed by atoms with E-state index in [9.17, 15) is 20.1 Å². The van der Waals surface area contributed by atoms with Crippen molar-refractivity contribution in [2.45, 2.75) is 56.8 Å². The maximum Gasteiger partial charge on any atom is 0.488 e. The lowest BCUT2D eigenvalue weighted by atomic mass is 9.72. The van der Waals surface area contributed by atoms with Crippen molar-refractivity contribution in [2.24, 2.45) is 0 Å². The van der Waals surface area contributed by atoms with Crippen LogP contribution in [-0.2, 0) is 0 Å². The van der Waals surface area contributed by atoms with Gasteiger partial charge in [0.1, 0.15) is 0 Å². The zero-order valence-corrected chi connectivity index (χ0v) is 16.8. The molecule has 1 aliphatic carbocycles. The van der Waals surface area contributed by atoms with Crippen molar-refractivity contribution in [1.82, 2.24) is 0 Å². The Morgan fingerprint density at radius 3 is 1.93 bits per heavy atom. The van der Waals surface area contributed by atoms with Crippen LogP contribution in [0.4, 0.5) is 0 Å². The van der Waals surface area contributed by atoms with E-state index in [1.807, 2.05) is 36.4 Å². The molecule has 3 rings (SSSR count). The molecule has 0 heterocycles. The molecular weight excluding hydrogens is 362 g/mol. The van der Waals surface area contributed by atoms with Crippen LogP contribution in [0.25, 0.3) is 0 Å². The van der Waals surface area contributed by atoms with E-state index in [2.05, 4.69) is 12.2 Å². The van der Waals surface area contributed by atoms with E-state index in [1.165, 1.54) is 0 Å². The van der Waals surface area contributed by atoms with E-state index < -0.39 is 14.2 Å². The summed E-state index contributed by atoms with van der Waals surface area (Å²) in [5.41, 5.74) is 3.23. The van der Waals surface area contributed by atoms with Gasteiger partial charge < -0.3 is 20.1 Å². The molecule has 4 N–H and O–H groups in total. The number of benzene rings is 2. The second-order valence-electron chi connectivity index (χ2n) is 7.95. The van der Waals surface area contributed by atoms with Crippen LogP contribution < -0.4 is 10.9 Å². The van der Waals surface area contributed by atoms with E-state index in [1.54, 1.807) is 12.1 Å². The number of hydrogen-bond acceptors (Lipinski definition) is 4. The van der Waals surface area contributed by atoms with Crippen LogP contribution in [0.15, 0.2) is 60.7 Å². The summed E-state index contributed by atoms with van der Waals surface area (Å²) in [7, 11) is -2.89. The van der Waals surface area contributed by atoms with Crippen LogP contribution in [0.3, 0.4) is 0 Å². The lowest BCUT2D eigenvalue weighted by molar-refractivity contribution is 0.423. The third-order valence-corrected chi connectivity index (χ3v) is 6.01. The van der Waals surface area contributed by atoms with Crippen molar-refractivity contribution < 1.29 is 20.1 Å². The first-order valence-electron chi connectivity index (χ1n) is 10.6. The topological polar surface area (TPSA) is 80.9 Å². The Bertz CT molecular complexity index is 807. The molecule has 0 aromatic heterocycles. The van der Waals surface area contributed by atoms with Crippen molar-refractivity contribution in [1.29, 1.82) is 0 Å². The summed E-state index contributed by atoms with van der Waals surface area (Å²) in [6, 6.07) is 15.2. The molecule has 0 saturated carbocycles. The molecule has 0 fully saturated rings. The summed E-state index contributed by atoms with van der Waals surface area (Å²) in [4.78, 5) is 0. The highest BCUT2D eigenvalue weighted by molar-refractivity contribution is 6.59. The van der Waals surface area contributed by atoms with Gasteiger partial charge in [0.25, 0.3) is 0 Å². The van der Waals surface area contributed by atoms with Crippen LogP contribution in [0.2, 0.25) is 0 Å². The molecule has 0 amide bonds. The third-order valence-electron chi connectivity index (χ3n) is 6.01. The molecule has 29 heavy (non-hydrogen) atoms. The highest BCUT2D eigenvalue weighted by atomic mass is 16.4. The molecule has 1 aliphatic rings. The molecule has 6 heteroatoms. The van der Waals surface area contributed by atoms with E-state index in [4.69, 9.17) is 0 Å². The molecule has 152 valence electrons. The molecule has 2 aromatic rings. The van der Waals surface area contributed by atoms with Gasteiger partial charge >= 0.3 is 14.2 Å². The minimum atomic E-state index is -1.46. The van der Waals surface area contributed by atoms with Crippen LogP contribution in [-0.4, -0.2) is 34.3 Å². The van der Waals surface area contributed by atoms with Gasteiger partial charge in [-0.05, 0) is 53.7 Å². The van der Waals surface area contributed by atoms with Gasteiger partial charge in [-0.25, -0.2) is 0 Å². The highest BCUT2D eigenvalue weighted by Crippen LogP contribution is 2.30. The minimum Gasteiger partial charge on any atom is -0.423 e. The van der Waals surface area contributed by atoms with E-state index in [0.717, 1.165) is 56.1 Å². The molecular formula is C23H30B2O4. The molecule has 0 saturated heterocycles. The Balaban J connectivity index is 1.78. The summed E-state index contributed by atoms with van der Waals surface area (Å²) < 4.78 is 0. The summed E-state index contributed by atoms with van der Waals surface area (Å²) in [5.74, 6) is 0.483. The Morgan fingerprint density at radius 1 is 0.655 bits per heavy atom. The highest BCUT2D eigenvalue weighted by Gasteiger charge is 2.23. The second kappa shape index (κ2) is 10.8. The zero-order valence-electron chi connectivity index (χ0n) is 16.8. The standard InChI is InChI=1S/C23H30B2O4/c26-24(27)22-16-8-6-14-20(22)18-10-2-1-3-11-19(13-5-4-12-18)21-15-7-9-17-23(21)25(28)29/h4,6-9,12,14-19,26-29H,1-3,5,10-11,13H2/b12-4-. The fourth-order valence-electron chi connectivity index (χ4n) is 4.50. The Kier molecular flexibility index (Phi) is 8.13. The lowest BCUT2D eigenvalue weighted by Gasteiger charge is -2.20. The van der Waals surface area contributed by atoms with Gasteiger partial charge in [0.2, 0.25) is 0 Å². The molecule has 0 aliphatic heterocycles.